The van der Waals surface area contributed by atoms with Crippen LogP contribution in [0.25, 0.3) is 0 Å². The van der Waals surface area contributed by atoms with Crippen LogP contribution in [-0.4, -0.2) is 39.2 Å². The molecule has 0 bridgehead atoms. The predicted molar refractivity (Wildman–Crippen MR) is 97.4 cm³/mol. The number of hydrogen-bond acceptors (Lipinski definition) is 7. The zero-order valence-electron chi connectivity index (χ0n) is 13.3. The van der Waals surface area contributed by atoms with Crippen LogP contribution in [0, 0.1) is 0 Å². The molecule has 0 fully saturated rings. The monoisotopic (exact) mass is 412 g/mol. The molecule has 0 radical (unpaired) electrons. The molecule has 0 saturated heterocycles. The number of ether oxygens (including phenoxy) is 1. The number of nitrogens with zero attached hydrogens (tertiary/aromatic N) is 1. The second-order valence-electron chi connectivity index (χ2n) is 5.27. The van der Waals surface area contributed by atoms with Crippen LogP contribution >= 0.6 is 22.9 Å². The number of carbonyl (C=O) groups excluding carboxylic acids is 2. The minimum atomic E-state index is -3.61. The van der Waals surface area contributed by atoms with Gasteiger partial charge in [0.25, 0.3) is 10.0 Å². The number of amidine groups is 1. The van der Waals surface area contributed by atoms with Crippen LogP contribution < -0.4 is 4.72 Å². The van der Waals surface area contributed by atoms with Gasteiger partial charge in [-0.3, -0.25) is 19.3 Å². The van der Waals surface area contributed by atoms with Crippen LogP contribution in [0.1, 0.15) is 21.7 Å². The molecule has 3 rings (SSSR count). The smallest absolute Gasteiger partial charge is 0.308 e. The quantitative estimate of drug-likeness (QED) is 0.579. The SMILES string of the molecule is O=C(CCN=C1NS(=O)(=O)c2ccccc21)OCC(=O)c1ccc(Cl)s1. The van der Waals surface area contributed by atoms with Gasteiger partial charge in [0.1, 0.15) is 5.84 Å². The Labute approximate surface area is 158 Å². The molecule has 0 saturated carbocycles. The number of ketones is 1. The van der Waals surface area contributed by atoms with Gasteiger partial charge in [-0.2, -0.15) is 0 Å². The van der Waals surface area contributed by atoms with Crippen molar-refractivity contribution < 1.29 is 22.7 Å². The third-order valence-electron chi connectivity index (χ3n) is 3.46. The Kier molecular flexibility index (Phi) is 5.40. The summed E-state index contributed by atoms with van der Waals surface area (Å²) in [7, 11) is -3.61. The summed E-state index contributed by atoms with van der Waals surface area (Å²) in [6.45, 7) is -0.342. The molecule has 0 amide bonds. The van der Waals surface area contributed by atoms with Crippen molar-refractivity contribution in [1.82, 2.24) is 4.72 Å². The Hall–Kier alpha value is -2.23. The van der Waals surface area contributed by atoms with Gasteiger partial charge in [-0.05, 0) is 24.3 Å². The molecular formula is C16H13ClN2O5S2. The second kappa shape index (κ2) is 7.56. The standard InChI is InChI=1S/C16H13ClN2O5S2/c17-14-6-5-12(25-14)11(20)9-24-15(21)7-8-18-16-10-3-1-2-4-13(10)26(22,23)19-16/h1-6H,7-9H2,(H,18,19). The molecule has 2 heterocycles. The van der Waals surface area contributed by atoms with E-state index in [4.69, 9.17) is 16.3 Å². The van der Waals surface area contributed by atoms with Crippen molar-refractivity contribution >= 4 is 50.5 Å². The van der Waals surface area contributed by atoms with Crippen molar-refractivity contribution in [2.75, 3.05) is 13.2 Å². The fraction of sp³-hybridized carbons (Fsp3) is 0.188. The molecule has 1 aromatic heterocycles. The zero-order chi connectivity index (χ0) is 18.7. The molecule has 0 atom stereocenters. The Morgan fingerprint density at radius 1 is 1.19 bits per heavy atom. The summed E-state index contributed by atoms with van der Waals surface area (Å²) in [6.07, 6.45) is -0.0775. The molecule has 1 aromatic carbocycles. The van der Waals surface area contributed by atoms with Crippen molar-refractivity contribution in [3.63, 3.8) is 0 Å². The highest BCUT2D eigenvalue weighted by atomic mass is 35.5. The molecule has 0 unspecified atom stereocenters. The van der Waals surface area contributed by atoms with Gasteiger partial charge in [-0.15, -0.1) is 11.3 Å². The van der Waals surface area contributed by atoms with Crippen molar-refractivity contribution in [3.05, 3.63) is 51.2 Å². The fourth-order valence-electron chi connectivity index (χ4n) is 2.26. The van der Waals surface area contributed by atoms with E-state index in [0.29, 0.717) is 14.8 Å². The number of nitrogens with one attached hydrogen (secondary N) is 1. The highest BCUT2D eigenvalue weighted by molar-refractivity contribution is 7.90. The molecule has 136 valence electrons. The molecule has 26 heavy (non-hydrogen) atoms. The van der Waals surface area contributed by atoms with Crippen LogP contribution in [0.4, 0.5) is 0 Å². The number of rotatable bonds is 6. The first kappa shape index (κ1) is 18.6. The maximum Gasteiger partial charge on any atom is 0.308 e. The van der Waals surface area contributed by atoms with Crippen molar-refractivity contribution in [2.45, 2.75) is 11.3 Å². The van der Waals surface area contributed by atoms with E-state index in [9.17, 15) is 18.0 Å². The largest absolute Gasteiger partial charge is 0.457 e. The topological polar surface area (TPSA) is 102 Å². The number of sulfonamides is 1. The van der Waals surface area contributed by atoms with Gasteiger partial charge in [0.15, 0.2) is 6.61 Å². The van der Waals surface area contributed by atoms with Gasteiger partial charge < -0.3 is 4.74 Å². The summed E-state index contributed by atoms with van der Waals surface area (Å²) in [4.78, 5) is 28.2. The summed E-state index contributed by atoms with van der Waals surface area (Å²) in [5.74, 6) is -0.740. The lowest BCUT2D eigenvalue weighted by molar-refractivity contribution is -0.142. The predicted octanol–water partition coefficient (Wildman–Crippen LogP) is 2.26. The molecule has 7 nitrogen and oxygen atoms in total. The molecule has 1 aliphatic rings. The molecule has 2 aromatic rings. The summed E-state index contributed by atoms with van der Waals surface area (Å²) in [6, 6.07) is 9.60. The first-order chi connectivity index (χ1) is 12.4. The Morgan fingerprint density at radius 2 is 1.96 bits per heavy atom. The molecule has 0 aliphatic carbocycles. The molecule has 10 heteroatoms. The number of esters is 1. The van der Waals surface area contributed by atoms with E-state index < -0.39 is 16.0 Å². The van der Waals surface area contributed by atoms with E-state index in [2.05, 4.69) is 9.71 Å². The number of aliphatic imine (C=N–C) groups is 1. The molecule has 1 N–H and O–H groups in total. The summed E-state index contributed by atoms with van der Waals surface area (Å²) in [5, 5.41) is 0. The van der Waals surface area contributed by atoms with Crippen molar-refractivity contribution in [1.29, 1.82) is 0 Å². The summed E-state index contributed by atoms with van der Waals surface area (Å²) < 4.78 is 31.6. The first-order valence-corrected chi connectivity index (χ1v) is 10.2. The zero-order valence-corrected chi connectivity index (χ0v) is 15.7. The average molecular weight is 413 g/mol. The van der Waals surface area contributed by atoms with Crippen LogP contribution in [0.5, 0.6) is 0 Å². The first-order valence-electron chi connectivity index (χ1n) is 7.47. The molecular weight excluding hydrogens is 400 g/mol. The van der Waals surface area contributed by atoms with E-state index in [1.165, 1.54) is 6.07 Å². The van der Waals surface area contributed by atoms with E-state index in [1.54, 1.807) is 30.3 Å². The fourth-order valence-corrected chi connectivity index (χ4v) is 4.48. The van der Waals surface area contributed by atoms with Crippen LogP contribution in [0.2, 0.25) is 4.34 Å². The third-order valence-corrected chi connectivity index (χ3v) is 6.13. The number of halogens is 1. The normalized spacial score (nSPS) is 16.1. The van der Waals surface area contributed by atoms with Gasteiger partial charge in [-0.1, -0.05) is 23.7 Å². The average Bonchev–Trinajstić information content (AvgIpc) is 3.15. The van der Waals surface area contributed by atoms with Gasteiger partial charge in [-0.25, -0.2) is 8.42 Å². The highest BCUT2D eigenvalue weighted by Crippen LogP contribution is 2.23. The second-order valence-corrected chi connectivity index (χ2v) is 8.64. The minimum absolute atomic E-state index is 0.0318. The van der Waals surface area contributed by atoms with Crippen LogP contribution in [0.15, 0.2) is 46.3 Å². The van der Waals surface area contributed by atoms with Gasteiger partial charge >= 0.3 is 5.97 Å². The number of thiophene rings is 1. The Morgan fingerprint density at radius 3 is 2.69 bits per heavy atom. The Bertz CT molecular complexity index is 998. The van der Waals surface area contributed by atoms with Crippen LogP contribution in [-0.2, 0) is 19.6 Å². The maximum absolute atomic E-state index is 11.9. The van der Waals surface area contributed by atoms with Crippen molar-refractivity contribution in [2.24, 2.45) is 4.99 Å². The number of Topliss-reactive ketones (excluding diaryl/α,β-unsaturated/α-hetero) is 1. The number of fused-ring (bicyclic) bond motifs is 1. The maximum atomic E-state index is 11.9. The van der Waals surface area contributed by atoms with E-state index in [0.717, 1.165) is 11.3 Å². The van der Waals surface area contributed by atoms with Gasteiger partial charge in [0.05, 0.1) is 27.1 Å². The number of benzene rings is 1. The number of hydrogen-bond donors (Lipinski definition) is 1. The van der Waals surface area contributed by atoms with E-state index >= 15 is 0 Å². The third kappa shape index (κ3) is 4.12. The number of carbonyl (C=O) groups is 2. The van der Waals surface area contributed by atoms with Crippen LogP contribution in [0.3, 0.4) is 0 Å². The van der Waals surface area contributed by atoms with Gasteiger partial charge in [0.2, 0.25) is 5.78 Å². The lowest BCUT2D eigenvalue weighted by Crippen LogP contribution is -2.22. The summed E-state index contributed by atoms with van der Waals surface area (Å²) in [5.41, 5.74) is 0.464. The van der Waals surface area contributed by atoms with Crippen molar-refractivity contribution in [3.8, 4) is 0 Å². The lowest BCUT2D eigenvalue weighted by atomic mass is 10.2. The highest BCUT2D eigenvalue weighted by Gasteiger charge is 2.29. The van der Waals surface area contributed by atoms with Gasteiger partial charge in [0, 0.05) is 5.56 Å². The summed E-state index contributed by atoms with van der Waals surface area (Å²) >= 11 is 6.86. The molecule has 0 spiro atoms. The minimum Gasteiger partial charge on any atom is -0.457 e. The molecule has 1 aliphatic heterocycles. The lowest BCUT2D eigenvalue weighted by Gasteiger charge is -2.02. The van der Waals surface area contributed by atoms with E-state index in [1.807, 2.05) is 0 Å². The van der Waals surface area contributed by atoms with E-state index in [-0.39, 0.29) is 36.1 Å². The Balaban J connectivity index is 1.53.